The second kappa shape index (κ2) is 8.52. The summed E-state index contributed by atoms with van der Waals surface area (Å²) in [5.74, 6) is -0.633. The Balaban J connectivity index is 1.63. The first-order valence-electron chi connectivity index (χ1n) is 7.42. The minimum atomic E-state index is -0.402. The van der Waals surface area contributed by atoms with Crippen LogP contribution in [0.15, 0.2) is 48.5 Å². The van der Waals surface area contributed by atoms with E-state index in [1.165, 1.54) is 36.4 Å². The van der Waals surface area contributed by atoms with E-state index in [2.05, 4.69) is 16.0 Å². The molecule has 0 unspecified atom stereocenters. The van der Waals surface area contributed by atoms with Gasteiger partial charge in [-0.25, -0.2) is 9.18 Å². The van der Waals surface area contributed by atoms with Crippen LogP contribution in [0.5, 0.6) is 5.75 Å². The third-order valence-electron chi connectivity index (χ3n) is 3.14. The summed E-state index contributed by atoms with van der Waals surface area (Å²) >= 11 is 0. The average Bonchev–Trinajstić information content (AvgIpc) is 2.56. The maximum absolute atomic E-state index is 12.7. The number of amides is 3. The van der Waals surface area contributed by atoms with E-state index in [9.17, 15) is 19.1 Å². The summed E-state index contributed by atoms with van der Waals surface area (Å²) in [6.45, 7) is 0.749. The monoisotopic (exact) mass is 331 g/mol. The molecule has 0 aliphatic rings. The van der Waals surface area contributed by atoms with Gasteiger partial charge in [0, 0.05) is 24.3 Å². The molecular formula is C17H18FN3O3. The summed E-state index contributed by atoms with van der Waals surface area (Å²) in [7, 11) is 0. The predicted octanol–water partition coefficient (Wildman–Crippen LogP) is 2.47. The normalized spacial score (nSPS) is 10.0. The van der Waals surface area contributed by atoms with Crippen molar-refractivity contribution in [3.05, 3.63) is 59.9 Å². The van der Waals surface area contributed by atoms with Crippen molar-refractivity contribution in [3.8, 4) is 5.75 Å². The molecule has 0 heterocycles. The average molecular weight is 331 g/mol. The summed E-state index contributed by atoms with van der Waals surface area (Å²) in [4.78, 5) is 23.4. The third-order valence-corrected chi connectivity index (χ3v) is 3.14. The first-order chi connectivity index (χ1) is 11.5. The fourth-order valence-corrected chi connectivity index (χ4v) is 1.95. The van der Waals surface area contributed by atoms with Gasteiger partial charge in [-0.2, -0.15) is 0 Å². The largest absolute Gasteiger partial charge is 0.508 e. The van der Waals surface area contributed by atoms with Gasteiger partial charge in [0.25, 0.3) is 5.91 Å². The number of anilines is 1. The van der Waals surface area contributed by atoms with Crippen molar-refractivity contribution in [2.45, 2.75) is 6.42 Å². The van der Waals surface area contributed by atoms with Crippen molar-refractivity contribution in [2.75, 3.05) is 18.4 Å². The number of halogens is 1. The fourth-order valence-electron chi connectivity index (χ4n) is 1.95. The first kappa shape index (κ1) is 17.3. The Morgan fingerprint density at radius 1 is 1.00 bits per heavy atom. The molecule has 0 radical (unpaired) electrons. The van der Waals surface area contributed by atoms with Gasteiger partial charge in [-0.05, 0) is 48.9 Å². The molecule has 6 nitrogen and oxygen atoms in total. The van der Waals surface area contributed by atoms with Crippen LogP contribution in [0.25, 0.3) is 0 Å². The van der Waals surface area contributed by atoms with E-state index >= 15 is 0 Å². The molecule has 2 aromatic carbocycles. The Morgan fingerprint density at radius 3 is 2.42 bits per heavy atom. The molecule has 2 rings (SSSR count). The summed E-state index contributed by atoms with van der Waals surface area (Å²) in [5, 5.41) is 17.2. The summed E-state index contributed by atoms with van der Waals surface area (Å²) in [6, 6.07) is 11.1. The SMILES string of the molecule is O=C(NCCCNC(=O)c1cccc(O)c1)Nc1ccc(F)cc1. The maximum atomic E-state index is 12.7. The van der Waals surface area contributed by atoms with Crippen LogP contribution in [0.2, 0.25) is 0 Å². The van der Waals surface area contributed by atoms with E-state index in [0.717, 1.165) is 0 Å². The molecule has 24 heavy (non-hydrogen) atoms. The van der Waals surface area contributed by atoms with Crippen molar-refractivity contribution in [1.82, 2.24) is 10.6 Å². The molecule has 0 bridgehead atoms. The fraction of sp³-hybridized carbons (Fsp3) is 0.176. The first-order valence-corrected chi connectivity index (χ1v) is 7.42. The smallest absolute Gasteiger partial charge is 0.319 e. The second-order valence-electron chi connectivity index (χ2n) is 5.05. The number of phenolic OH excluding ortho intramolecular Hbond substituents is 1. The number of phenols is 1. The number of nitrogens with one attached hydrogen (secondary N) is 3. The van der Waals surface area contributed by atoms with Crippen LogP contribution in [0, 0.1) is 5.82 Å². The number of benzene rings is 2. The minimum absolute atomic E-state index is 0.0294. The minimum Gasteiger partial charge on any atom is -0.508 e. The van der Waals surface area contributed by atoms with E-state index in [-0.39, 0.29) is 17.5 Å². The maximum Gasteiger partial charge on any atom is 0.319 e. The molecule has 0 aliphatic carbocycles. The number of rotatable bonds is 6. The molecule has 0 aromatic heterocycles. The van der Waals surface area contributed by atoms with Crippen LogP contribution < -0.4 is 16.0 Å². The molecule has 7 heteroatoms. The molecule has 2 aromatic rings. The van der Waals surface area contributed by atoms with Crippen LogP contribution in [0.1, 0.15) is 16.8 Å². The molecule has 4 N–H and O–H groups in total. The van der Waals surface area contributed by atoms with Gasteiger partial charge in [-0.15, -0.1) is 0 Å². The molecule has 0 aliphatic heterocycles. The lowest BCUT2D eigenvalue weighted by Gasteiger charge is -2.08. The number of urea groups is 1. The molecular weight excluding hydrogens is 313 g/mol. The van der Waals surface area contributed by atoms with Gasteiger partial charge in [0.15, 0.2) is 0 Å². The van der Waals surface area contributed by atoms with E-state index in [0.29, 0.717) is 30.8 Å². The summed E-state index contributed by atoms with van der Waals surface area (Å²) in [5.41, 5.74) is 0.864. The predicted molar refractivity (Wildman–Crippen MR) is 88.5 cm³/mol. The van der Waals surface area contributed by atoms with E-state index in [1.807, 2.05) is 0 Å². The summed E-state index contributed by atoms with van der Waals surface area (Å²) in [6.07, 6.45) is 0.543. The Morgan fingerprint density at radius 2 is 1.71 bits per heavy atom. The lowest BCUT2D eigenvalue weighted by atomic mass is 10.2. The molecule has 3 amide bonds. The zero-order valence-corrected chi connectivity index (χ0v) is 12.9. The molecule has 0 fully saturated rings. The van der Waals surface area contributed by atoms with Crippen LogP contribution in [0.4, 0.5) is 14.9 Å². The zero-order valence-electron chi connectivity index (χ0n) is 12.9. The van der Waals surface area contributed by atoms with Crippen LogP contribution in [0.3, 0.4) is 0 Å². The number of hydrogen-bond acceptors (Lipinski definition) is 3. The molecule has 0 saturated heterocycles. The highest BCUT2D eigenvalue weighted by Crippen LogP contribution is 2.10. The van der Waals surface area contributed by atoms with Crippen molar-refractivity contribution in [3.63, 3.8) is 0 Å². The Labute approximate surface area is 138 Å². The van der Waals surface area contributed by atoms with Crippen LogP contribution >= 0.6 is 0 Å². The van der Waals surface area contributed by atoms with Gasteiger partial charge in [0.1, 0.15) is 11.6 Å². The van der Waals surface area contributed by atoms with E-state index < -0.39 is 6.03 Å². The van der Waals surface area contributed by atoms with Gasteiger partial charge in [0.05, 0.1) is 0 Å². The number of hydrogen-bond donors (Lipinski definition) is 4. The second-order valence-corrected chi connectivity index (χ2v) is 5.05. The standard InChI is InChI=1S/C17H18FN3O3/c18-13-5-7-14(8-6-13)21-17(24)20-10-2-9-19-16(23)12-3-1-4-15(22)11-12/h1,3-8,11,22H,2,9-10H2,(H,19,23)(H2,20,21,24). The summed E-state index contributed by atoms with van der Waals surface area (Å²) < 4.78 is 12.7. The molecule has 0 saturated carbocycles. The van der Waals surface area contributed by atoms with E-state index in [1.54, 1.807) is 12.1 Å². The molecule has 0 atom stereocenters. The zero-order chi connectivity index (χ0) is 17.4. The molecule has 0 spiro atoms. The van der Waals surface area contributed by atoms with Gasteiger partial charge >= 0.3 is 6.03 Å². The highest BCUT2D eigenvalue weighted by atomic mass is 19.1. The van der Waals surface area contributed by atoms with Crippen molar-refractivity contribution in [2.24, 2.45) is 0 Å². The third kappa shape index (κ3) is 5.60. The van der Waals surface area contributed by atoms with Gasteiger partial charge < -0.3 is 21.1 Å². The highest BCUT2D eigenvalue weighted by molar-refractivity contribution is 5.94. The van der Waals surface area contributed by atoms with Crippen molar-refractivity contribution < 1.29 is 19.1 Å². The van der Waals surface area contributed by atoms with Gasteiger partial charge in [-0.3, -0.25) is 4.79 Å². The van der Waals surface area contributed by atoms with Crippen molar-refractivity contribution >= 4 is 17.6 Å². The highest BCUT2D eigenvalue weighted by Gasteiger charge is 2.05. The topological polar surface area (TPSA) is 90.5 Å². The van der Waals surface area contributed by atoms with Crippen LogP contribution in [-0.4, -0.2) is 30.1 Å². The molecule has 126 valence electrons. The number of carbonyl (C=O) groups excluding carboxylic acids is 2. The van der Waals surface area contributed by atoms with Gasteiger partial charge in [0.2, 0.25) is 0 Å². The quantitative estimate of drug-likeness (QED) is 0.613. The van der Waals surface area contributed by atoms with Gasteiger partial charge in [-0.1, -0.05) is 6.07 Å². The Bertz CT molecular complexity index is 704. The van der Waals surface area contributed by atoms with Crippen LogP contribution in [-0.2, 0) is 0 Å². The van der Waals surface area contributed by atoms with E-state index in [4.69, 9.17) is 0 Å². The van der Waals surface area contributed by atoms with Crippen molar-refractivity contribution in [1.29, 1.82) is 0 Å². The Hall–Kier alpha value is -3.09. The lowest BCUT2D eigenvalue weighted by Crippen LogP contribution is -2.32. The lowest BCUT2D eigenvalue weighted by molar-refractivity contribution is 0.0953. The number of carbonyl (C=O) groups is 2. The Kier molecular flexibility index (Phi) is 6.13. The number of aromatic hydroxyl groups is 1.